The molecule has 0 saturated carbocycles. The van der Waals surface area contributed by atoms with Crippen LogP contribution < -0.4 is 4.90 Å². The van der Waals surface area contributed by atoms with Gasteiger partial charge in [-0.15, -0.1) is 0 Å². The molecular weight excluding hydrogens is 400 g/mol. The number of morpholine rings is 1. The molecule has 0 amide bonds. The number of nitrogens with one attached hydrogen (secondary N) is 1. The molecule has 0 atom stereocenters. The van der Waals surface area contributed by atoms with Crippen LogP contribution in [0.4, 0.5) is 5.69 Å². The van der Waals surface area contributed by atoms with E-state index in [-0.39, 0.29) is 11.2 Å². The maximum absolute atomic E-state index is 13.8. The van der Waals surface area contributed by atoms with Crippen LogP contribution in [0.5, 0.6) is 0 Å². The molecule has 0 unspecified atom stereocenters. The zero-order valence-electron chi connectivity index (χ0n) is 19.1. The lowest BCUT2D eigenvalue weighted by Gasteiger charge is -2.36. The number of nitriles is 1. The summed E-state index contributed by atoms with van der Waals surface area (Å²) in [6.07, 6.45) is 0. The van der Waals surface area contributed by atoms with Gasteiger partial charge in [-0.2, -0.15) is 5.26 Å². The van der Waals surface area contributed by atoms with Gasteiger partial charge in [0.1, 0.15) is 0 Å². The van der Waals surface area contributed by atoms with E-state index in [1.54, 1.807) is 6.07 Å². The van der Waals surface area contributed by atoms with E-state index < -0.39 is 0 Å². The molecule has 6 heteroatoms. The predicted molar refractivity (Wildman–Crippen MR) is 125 cm³/mol. The lowest BCUT2D eigenvalue weighted by molar-refractivity contribution is 0.103. The number of anilines is 1. The third-order valence-corrected chi connectivity index (χ3v) is 6.75. The van der Waals surface area contributed by atoms with E-state index >= 15 is 0 Å². The molecule has 0 bridgehead atoms. The van der Waals surface area contributed by atoms with Crippen molar-refractivity contribution in [3.8, 4) is 6.07 Å². The van der Waals surface area contributed by atoms with Gasteiger partial charge in [-0.1, -0.05) is 19.9 Å². The van der Waals surface area contributed by atoms with E-state index in [9.17, 15) is 10.1 Å². The van der Waals surface area contributed by atoms with E-state index in [2.05, 4.69) is 60.9 Å². The molecule has 6 nitrogen and oxygen atoms in total. The molecular formula is C26H28N4O2. The lowest BCUT2D eigenvalue weighted by atomic mass is 9.70. The number of fused-ring (bicyclic) bond motifs is 4. The molecule has 1 saturated heterocycles. The number of H-pyrrole nitrogens is 1. The Hall–Kier alpha value is -3.14. The van der Waals surface area contributed by atoms with Gasteiger partial charge in [0.15, 0.2) is 5.78 Å². The number of rotatable bonds is 3. The van der Waals surface area contributed by atoms with Gasteiger partial charge in [0.05, 0.1) is 30.4 Å². The number of hydrogen-bond donors (Lipinski definition) is 1. The highest BCUT2D eigenvalue weighted by atomic mass is 16.5. The summed E-state index contributed by atoms with van der Waals surface area (Å²) in [6.45, 7) is 8.24. The Morgan fingerprint density at radius 1 is 1.19 bits per heavy atom. The molecule has 164 valence electrons. The summed E-state index contributed by atoms with van der Waals surface area (Å²) in [5.74, 6) is 0.0545. The van der Waals surface area contributed by atoms with Crippen molar-refractivity contribution in [2.75, 3.05) is 45.3 Å². The molecule has 0 radical (unpaired) electrons. The number of aromatic nitrogens is 1. The number of nitrogens with zero attached hydrogens (tertiary/aromatic N) is 3. The summed E-state index contributed by atoms with van der Waals surface area (Å²) < 4.78 is 5.58. The standard InChI is InChI=1S/C26H28N4O2/c1-26(2)20-13-22(30-7-9-32-10-8-30)17(15-29(3)4)12-19(20)24(31)23-18-6-5-16(14-27)11-21(18)28-25(23)26/h5-6,11-13,28H,7-10,15H2,1-4H3. The van der Waals surface area contributed by atoms with Crippen LogP contribution in [0.15, 0.2) is 30.3 Å². The number of ether oxygens (including phenoxy) is 1. The monoisotopic (exact) mass is 428 g/mol. The molecule has 1 aliphatic heterocycles. The Morgan fingerprint density at radius 2 is 1.94 bits per heavy atom. The van der Waals surface area contributed by atoms with Gasteiger partial charge in [-0.3, -0.25) is 4.79 Å². The summed E-state index contributed by atoms with van der Waals surface area (Å²) in [5.41, 5.74) is 6.88. The second kappa shape index (κ2) is 7.47. The third-order valence-electron chi connectivity index (χ3n) is 6.75. The average molecular weight is 429 g/mol. The van der Waals surface area contributed by atoms with Crippen LogP contribution in [0.1, 0.15) is 52.2 Å². The number of carbonyl (C=O) groups is 1. The molecule has 1 N–H and O–H groups in total. The molecule has 1 aliphatic carbocycles. The van der Waals surface area contributed by atoms with E-state index in [0.717, 1.165) is 58.5 Å². The number of carbonyl (C=O) groups excluding carboxylic acids is 1. The van der Waals surface area contributed by atoms with Crippen LogP contribution in [0.25, 0.3) is 10.9 Å². The highest BCUT2D eigenvalue weighted by Crippen LogP contribution is 2.45. The highest BCUT2D eigenvalue weighted by molar-refractivity contribution is 6.20. The van der Waals surface area contributed by atoms with Crippen molar-refractivity contribution in [1.82, 2.24) is 9.88 Å². The topological polar surface area (TPSA) is 72.4 Å². The second-order valence-corrected chi connectivity index (χ2v) is 9.56. The Labute approximate surface area is 188 Å². The molecule has 3 aromatic rings. The van der Waals surface area contributed by atoms with Crippen molar-refractivity contribution in [3.05, 3.63) is 63.8 Å². The third kappa shape index (κ3) is 3.12. The summed E-state index contributed by atoms with van der Waals surface area (Å²) in [4.78, 5) is 21.8. The largest absolute Gasteiger partial charge is 0.378 e. The lowest BCUT2D eigenvalue weighted by Crippen LogP contribution is -2.38. The zero-order valence-corrected chi connectivity index (χ0v) is 19.1. The van der Waals surface area contributed by atoms with E-state index in [1.165, 1.54) is 5.69 Å². The van der Waals surface area contributed by atoms with Gasteiger partial charge in [-0.25, -0.2) is 0 Å². The van der Waals surface area contributed by atoms with Crippen molar-refractivity contribution in [1.29, 1.82) is 5.26 Å². The van der Waals surface area contributed by atoms with Gasteiger partial charge in [-0.05, 0) is 49.5 Å². The van der Waals surface area contributed by atoms with Crippen LogP contribution in [-0.4, -0.2) is 56.1 Å². The average Bonchev–Trinajstić information content (AvgIpc) is 3.17. The number of aromatic amines is 1. The van der Waals surface area contributed by atoms with Crippen LogP contribution in [0.2, 0.25) is 0 Å². The molecule has 1 fully saturated rings. The first-order valence-electron chi connectivity index (χ1n) is 11.1. The molecule has 0 spiro atoms. The van der Waals surface area contributed by atoms with E-state index in [0.29, 0.717) is 18.8 Å². The summed E-state index contributed by atoms with van der Waals surface area (Å²) in [6, 6.07) is 12.0. The van der Waals surface area contributed by atoms with Gasteiger partial charge in [0.25, 0.3) is 0 Å². The minimum absolute atomic E-state index is 0.0545. The summed E-state index contributed by atoms with van der Waals surface area (Å²) in [7, 11) is 4.11. The van der Waals surface area contributed by atoms with Crippen molar-refractivity contribution in [2.24, 2.45) is 0 Å². The Balaban J connectivity index is 1.73. The minimum atomic E-state index is -0.373. The van der Waals surface area contributed by atoms with Crippen LogP contribution >= 0.6 is 0 Å². The van der Waals surface area contributed by atoms with Crippen molar-refractivity contribution >= 4 is 22.4 Å². The minimum Gasteiger partial charge on any atom is -0.378 e. The molecule has 2 aliphatic rings. The number of hydrogen-bond acceptors (Lipinski definition) is 5. The number of ketones is 1. The van der Waals surface area contributed by atoms with Crippen molar-refractivity contribution in [3.63, 3.8) is 0 Å². The first-order chi connectivity index (χ1) is 15.3. The van der Waals surface area contributed by atoms with Crippen molar-refractivity contribution in [2.45, 2.75) is 25.8 Å². The molecule has 32 heavy (non-hydrogen) atoms. The smallest absolute Gasteiger partial charge is 0.195 e. The maximum Gasteiger partial charge on any atom is 0.195 e. The van der Waals surface area contributed by atoms with Crippen LogP contribution in [0.3, 0.4) is 0 Å². The quantitative estimate of drug-likeness (QED) is 0.687. The van der Waals surface area contributed by atoms with E-state index in [1.807, 2.05) is 12.1 Å². The van der Waals surface area contributed by atoms with Crippen LogP contribution in [-0.2, 0) is 16.7 Å². The highest BCUT2D eigenvalue weighted by Gasteiger charge is 2.40. The molecule has 5 rings (SSSR count). The molecule has 1 aromatic heterocycles. The Morgan fingerprint density at radius 3 is 2.62 bits per heavy atom. The van der Waals surface area contributed by atoms with Gasteiger partial charge >= 0.3 is 0 Å². The first kappa shape index (κ1) is 20.7. The van der Waals surface area contributed by atoms with Gasteiger partial charge in [0.2, 0.25) is 0 Å². The molecule has 2 aromatic carbocycles. The fraction of sp³-hybridized carbons (Fsp3) is 0.385. The zero-order chi connectivity index (χ0) is 22.6. The normalized spacial score (nSPS) is 17.4. The molecule has 2 heterocycles. The summed E-state index contributed by atoms with van der Waals surface area (Å²) >= 11 is 0. The fourth-order valence-corrected chi connectivity index (χ4v) is 5.14. The number of benzene rings is 2. The summed E-state index contributed by atoms with van der Waals surface area (Å²) in [5, 5.41) is 10.2. The van der Waals surface area contributed by atoms with E-state index in [4.69, 9.17) is 4.74 Å². The SMILES string of the molecule is CN(C)Cc1cc2c(cc1N1CCOCC1)C(C)(C)c1[nH]c3cc(C#N)ccc3c1C2=O. The Kier molecular flexibility index (Phi) is 4.85. The first-order valence-corrected chi connectivity index (χ1v) is 11.1. The second-order valence-electron chi connectivity index (χ2n) is 9.56. The Bertz CT molecular complexity index is 1270. The predicted octanol–water partition coefficient (Wildman–Crippen LogP) is 3.81. The van der Waals surface area contributed by atoms with Crippen LogP contribution in [0, 0.1) is 11.3 Å². The van der Waals surface area contributed by atoms with Gasteiger partial charge < -0.3 is 19.5 Å². The van der Waals surface area contributed by atoms with Crippen molar-refractivity contribution < 1.29 is 9.53 Å². The fourth-order valence-electron chi connectivity index (χ4n) is 5.14. The van der Waals surface area contributed by atoms with Gasteiger partial charge in [0, 0.05) is 52.9 Å². The maximum atomic E-state index is 13.8.